The molecule has 4 nitrogen and oxygen atoms in total. The van der Waals surface area contributed by atoms with Crippen LogP contribution in [0.15, 0.2) is 0 Å². The summed E-state index contributed by atoms with van der Waals surface area (Å²) in [6.45, 7) is 4.45. The summed E-state index contributed by atoms with van der Waals surface area (Å²) >= 11 is 0. The fraction of sp³-hybridized carbons (Fsp3) is 0.833. The monoisotopic (exact) mass is 426 g/mol. The van der Waals surface area contributed by atoms with Crippen LogP contribution in [0.5, 0.6) is 0 Å². The fourth-order valence-electron chi connectivity index (χ4n) is 3.00. The summed E-state index contributed by atoms with van der Waals surface area (Å²) < 4.78 is 20.9. The third kappa shape index (κ3) is 23.1. The van der Waals surface area contributed by atoms with Crippen molar-refractivity contribution < 1.29 is 18.5 Å². The Labute approximate surface area is 180 Å². The predicted molar refractivity (Wildman–Crippen MR) is 122 cm³/mol. The van der Waals surface area contributed by atoms with Gasteiger partial charge in [-0.05, 0) is 12.8 Å². The molecule has 0 rings (SSSR count). The van der Waals surface area contributed by atoms with Crippen molar-refractivity contribution in [2.75, 3.05) is 0 Å². The number of phosphoric acid groups is 1. The van der Waals surface area contributed by atoms with Gasteiger partial charge < -0.3 is 9.05 Å². The summed E-state index contributed by atoms with van der Waals surface area (Å²) in [7, 11) is -4.19. The van der Waals surface area contributed by atoms with E-state index in [1.165, 1.54) is 77.0 Å². The van der Waals surface area contributed by atoms with E-state index in [2.05, 4.69) is 46.9 Å². The molecule has 1 N–H and O–H groups in total. The SMILES string of the molecule is CCCCCCCCCCC#COP(=O)(O)OC#CCCCCCCCCCC. The van der Waals surface area contributed by atoms with Gasteiger partial charge in [0.1, 0.15) is 12.2 Å². The Morgan fingerprint density at radius 1 is 0.586 bits per heavy atom. The molecule has 0 aliphatic carbocycles. The highest BCUT2D eigenvalue weighted by Crippen LogP contribution is 2.42. The van der Waals surface area contributed by atoms with Crippen molar-refractivity contribution in [3.8, 4) is 24.1 Å². The van der Waals surface area contributed by atoms with Crippen LogP contribution in [-0.4, -0.2) is 4.89 Å². The topological polar surface area (TPSA) is 55.8 Å². The van der Waals surface area contributed by atoms with Crippen molar-refractivity contribution in [3.63, 3.8) is 0 Å². The molecule has 0 amide bonds. The van der Waals surface area contributed by atoms with Gasteiger partial charge in [0.05, 0.1) is 0 Å². The molecule has 5 heteroatoms. The molecule has 0 atom stereocenters. The number of hydrogen-bond acceptors (Lipinski definition) is 3. The number of phosphoric ester groups is 1. The number of hydrogen-bond donors (Lipinski definition) is 1. The molecule has 0 radical (unpaired) electrons. The Morgan fingerprint density at radius 3 is 1.24 bits per heavy atom. The lowest BCUT2D eigenvalue weighted by Crippen LogP contribution is -1.85. The van der Waals surface area contributed by atoms with E-state index < -0.39 is 7.82 Å². The molecule has 0 heterocycles. The van der Waals surface area contributed by atoms with Crippen LogP contribution in [0.3, 0.4) is 0 Å². The second-order valence-corrected chi connectivity index (χ2v) is 8.96. The third-order valence-electron chi connectivity index (χ3n) is 4.78. The van der Waals surface area contributed by atoms with Gasteiger partial charge in [-0.3, -0.25) is 4.89 Å². The van der Waals surface area contributed by atoms with E-state index in [-0.39, 0.29) is 0 Å². The molecular formula is C24H43O4P. The van der Waals surface area contributed by atoms with Crippen LogP contribution < -0.4 is 0 Å². The standard InChI is InChI=1S/C24H43O4P/c1-3-5-7-9-11-13-15-17-19-21-23-27-29(25,26)28-24-22-20-18-16-14-12-10-8-6-4-2/h3-20H2,1-2H3,(H,25,26). The van der Waals surface area contributed by atoms with Crippen molar-refractivity contribution in [1.29, 1.82) is 0 Å². The van der Waals surface area contributed by atoms with E-state index in [1.54, 1.807) is 0 Å². The first-order valence-electron chi connectivity index (χ1n) is 11.8. The molecule has 168 valence electrons. The summed E-state index contributed by atoms with van der Waals surface area (Å²) in [5, 5.41) is 0. The van der Waals surface area contributed by atoms with Crippen molar-refractivity contribution in [3.05, 3.63) is 0 Å². The molecule has 0 spiro atoms. The maximum Gasteiger partial charge on any atom is 0.602 e. The summed E-state index contributed by atoms with van der Waals surface area (Å²) in [4.78, 5) is 9.51. The highest BCUT2D eigenvalue weighted by molar-refractivity contribution is 7.47. The van der Waals surface area contributed by atoms with E-state index in [0.29, 0.717) is 12.8 Å². The first kappa shape index (κ1) is 27.9. The van der Waals surface area contributed by atoms with Gasteiger partial charge in [0.2, 0.25) is 0 Å². The highest BCUT2D eigenvalue weighted by atomic mass is 31.2. The van der Waals surface area contributed by atoms with Gasteiger partial charge in [-0.15, -0.1) is 0 Å². The Kier molecular flexibility index (Phi) is 20.8. The minimum atomic E-state index is -4.19. The van der Waals surface area contributed by atoms with E-state index in [4.69, 9.17) is 0 Å². The van der Waals surface area contributed by atoms with Gasteiger partial charge in [0.25, 0.3) is 0 Å². The van der Waals surface area contributed by atoms with E-state index >= 15 is 0 Å². The van der Waals surface area contributed by atoms with Crippen LogP contribution in [0.4, 0.5) is 0 Å². The summed E-state index contributed by atoms with van der Waals surface area (Å²) in [6.07, 6.45) is 25.6. The quantitative estimate of drug-likeness (QED) is 0.137. The first-order chi connectivity index (χ1) is 14.1. The van der Waals surface area contributed by atoms with Gasteiger partial charge >= 0.3 is 7.82 Å². The van der Waals surface area contributed by atoms with Crippen LogP contribution in [0, 0.1) is 24.1 Å². The summed E-state index contributed by atoms with van der Waals surface area (Å²) in [5.41, 5.74) is 0. The molecule has 0 aromatic rings. The predicted octanol–water partition coefficient (Wildman–Crippen LogP) is 8.10. The minimum absolute atomic E-state index is 0.666. The molecule has 0 fully saturated rings. The van der Waals surface area contributed by atoms with Gasteiger partial charge in [0.15, 0.2) is 0 Å². The molecule has 0 aromatic heterocycles. The van der Waals surface area contributed by atoms with Crippen LogP contribution in [0.25, 0.3) is 0 Å². The first-order valence-corrected chi connectivity index (χ1v) is 13.3. The van der Waals surface area contributed by atoms with Crippen LogP contribution in [0.1, 0.15) is 129 Å². The smallest absolute Gasteiger partial charge is 0.341 e. The average molecular weight is 427 g/mol. The third-order valence-corrected chi connectivity index (χ3v) is 5.42. The second kappa shape index (κ2) is 21.6. The van der Waals surface area contributed by atoms with Crippen LogP contribution in [0.2, 0.25) is 0 Å². The molecule has 29 heavy (non-hydrogen) atoms. The second-order valence-electron chi connectivity index (χ2n) is 7.66. The molecular weight excluding hydrogens is 383 g/mol. The summed E-state index contributed by atoms with van der Waals surface area (Å²) in [6, 6.07) is 0. The van der Waals surface area contributed by atoms with Crippen molar-refractivity contribution in [2.45, 2.75) is 129 Å². The molecule has 0 aliphatic heterocycles. The molecule has 0 unspecified atom stereocenters. The van der Waals surface area contributed by atoms with Gasteiger partial charge in [0, 0.05) is 12.8 Å². The van der Waals surface area contributed by atoms with Crippen LogP contribution >= 0.6 is 7.82 Å². The lowest BCUT2D eigenvalue weighted by atomic mass is 10.1. The minimum Gasteiger partial charge on any atom is -0.341 e. The van der Waals surface area contributed by atoms with E-state index in [9.17, 15) is 9.46 Å². The van der Waals surface area contributed by atoms with E-state index in [0.717, 1.165) is 25.7 Å². The lowest BCUT2D eigenvalue weighted by Gasteiger charge is -2.02. The molecule has 0 aliphatic rings. The normalized spacial score (nSPS) is 10.6. The highest BCUT2D eigenvalue weighted by Gasteiger charge is 2.21. The number of rotatable bonds is 18. The Morgan fingerprint density at radius 2 is 0.897 bits per heavy atom. The maximum atomic E-state index is 11.6. The van der Waals surface area contributed by atoms with Crippen molar-refractivity contribution in [2.24, 2.45) is 0 Å². The largest absolute Gasteiger partial charge is 0.602 e. The zero-order valence-corrected chi connectivity index (χ0v) is 19.7. The van der Waals surface area contributed by atoms with Crippen molar-refractivity contribution >= 4 is 7.82 Å². The van der Waals surface area contributed by atoms with Crippen molar-refractivity contribution in [1.82, 2.24) is 0 Å². The lowest BCUT2D eigenvalue weighted by molar-refractivity contribution is 0.263. The zero-order chi connectivity index (χ0) is 21.5. The number of unbranched alkanes of at least 4 members (excludes halogenated alkanes) is 16. The van der Waals surface area contributed by atoms with Gasteiger partial charge in [-0.1, -0.05) is 116 Å². The van der Waals surface area contributed by atoms with Gasteiger partial charge in [-0.2, -0.15) is 0 Å². The maximum absolute atomic E-state index is 11.6. The van der Waals surface area contributed by atoms with Gasteiger partial charge in [-0.25, -0.2) is 4.57 Å². The Bertz CT molecular complexity index is 480. The van der Waals surface area contributed by atoms with Crippen LogP contribution in [-0.2, 0) is 13.6 Å². The molecule has 0 aromatic carbocycles. The zero-order valence-electron chi connectivity index (χ0n) is 18.8. The molecule has 0 saturated heterocycles. The Hall–Kier alpha value is -1.09. The molecule has 0 bridgehead atoms. The van der Waals surface area contributed by atoms with E-state index in [1.807, 2.05) is 0 Å². The average Bonchev–Trinajstić information content (AvgIpc) is 2.70. The Balaban J connectivity index is 3.59. The fourth-order valence-corrected chi connectivity index (χ4v) is 3.39. The molecule has 0 saturated carbocycles. The summed E-state index contributed by atoms with van der Waals surface area (Å²) in [5.74, 6) is 5.53.